The second kappa shape index (κ2) is 10.9. The van der Waals surface area contributed by atoms with Crippen molar-refractivity contribution < 1.29 is 22.7 Å². The van der Waals surface area contributed by atoms with Crippen LogP contribution in [0.25, 0.3) is 0 Å². The molecule has 0 aliphatic carbocycles. The molecule has 0 unspecified atom stereocenters. The lowest BCUT2D eigenvalue weighted by Gasteiger charge is -2.20. The van der Waals surface area contributed by atoms with E-state index in [1.54, 1.807) is 38.4 Å². The SMILES string of the molecule is CCN(CC)S(=O)(=O)c1cc(C(=O)Nc2ncccc2OCc2ccncc2)ccc1OC. The average Bonchev–Trinajstić information content (AvgIpc) is 2.84. The molecule has 0 aliphatic heterocycles. The minimum Gasteiger partial charge on any atom is -0.495 e. The lowest BCUT2D eigenvalue weighted by atomic mass is 10.2. The van der Waals surface area contributed by atoms with Crippen molar-refractivity contribution in [2.24, 2.45) is 0 Å². The molecule has 3 aromatic rings. The van der Waals surface area contributed by atoms with E-state index >= 15 is 0 Å². The number of amides is 1. The Labute approximate surface area is 193 Å². The van der Waals surface area contributed by atoms with E-state index in [1.165, 1.54) is 35.8 Å². The van der Waals surface area contributed by atoms with E-state index in [0.717, 1.165) is 5.56 Å². The van der Waals surface area contributed by atoms with Crippen molar-refractivity contribution in [3.05, 3.63) is 72.2 Å². The Morgan fingerprint density at radius 1 is 1.03 bits per heavy atom. The van der Waals surface area contributed by atoms with Crippen LogP contribution in [0.3, 0.4) is 0 Å². The third-order valence-corrected chi connectivity index (χ3v) is 6.97. The number of sulfonamides is 1. The summed E-state index contributed by atoms with van der Waals surface area (Å²) < 4.78 is 38.5. The summed E-state index contributed by atoms with van der Waals surface area (Å²) in [7, 11) is -2.45. The van der Waals surface area contributed by atoms with Crippen LogP contribution in [0.5, 0.6) is 11.5 Å². The van der Waals surface area contributed by atoms with E-state index in [9.17, 15) is 13.2 Å². The van der Waals surface area contributed by atoms with Crippen molar-refractivity contribution in [3.8, 4) is 11.5 Å². The molecule has 0 aliphatic rings. The highest BCUT2D eigenvalue weighted by molar-refractivity contribution is 7.89. The highest BCUT2D eigenvalue weighted by atomic mass is 32.2. The second-order valence-electron chi connectivity index (χ2n) is 6.90. The maximum atomic E-state index is 13.1. The Morgan fingerprint density at radius 2 is 1.76 bits per heavy atom. The van der Waals surface area contributed by atoms with Crippen molar-refractivity contribution in [1.29, 1.82) is 0 Å². The molecule has 33 heavy (non-hydrogen) atoms. The Kier molecular flexibility index (Phi) is 7.96. The molecule has 0 saturated heterocycles. The number of hydrogen-bond acceptors (Lipinski definition) is 7. The van der Waals surface area contributed by atoms with Crippen LogP contribution >= 0.6 is 0 Å². The molecule has 0 fully saturated rings. The Hall–Kier alpha value is -3.50. The van der Waals surface area contributed by atoms with E-state index in [-0.39, 0.29) is 28.6 Å². The molecular formula is C23H26N4O5S. The van der Waals surface area contributed by atoms with Gasteiger partial charge in [-0.15, -0.1) is 0 Å². The van der Waals surface area contributed by atoms with Crippen LogP contribution in [0, 0.1) is 0 Å². The van der Waals surface area contributed by atoms with Gasteiger partial charge in [-0.2, -0.15) is 4.31 Å². The van der Waals surface area contributed by atoms with Gasteiger partial charge in [-0.25, -0.2) is 13.4 Å². The van der Waals surface area contributed by atoms with Crippen LogP contribution in [0.15, 0.2) is 66.0 Å². The first-order valence-electron chi connectivity index (χ1n) is 10.4. The smallest absolute Gasteiger partial charge is 0.256 e. The van der Waals surface area contributed by atoms with Crippen LogP contribution < -0.4 is 14.8 Å². The molecule has 3 rings (SSSR count). The summed E-state index contributed by atoms with van der Waals surface area (Å²) in [6, 6.07) is 11.3. The topological polar surface area (TPSA) is 111 Å². The molecule has 0 atom stereocenters. The van der Waals surface area contributed by atoms with Crippen LogP contribution in [0.4, 0.5) is 5.82 Å². The van der Waals surface area contributed by atoms with E-state index < -0.39 is 15.9 Å². The minimum absolute atomic E-state index is 0.0727. The zero-order valence-electron chi connectivity index (χ0n) is 18.7. The van der Waals surface area contributed by atoms with Crippen molar-refractivity contribution in [2.45, 2.75) is 25.3 Å². The quantitative estimate of drug-likeness (QED) is 0.484. The van der Waals surface area contributed by atoms with Crippen LogP contribution in [-0.2, 0) is 16.6 Å². The predicted molar refractivity (Wildman–Crippen MR) is 124 cm³/mol. The molecule has 0 bridgehead atoms. The standard InChI is InChI=1S/C23H26N4O5S/c1-4-27(5-2)33(29,30)21-15-18(8-9-19(21)31-3)23(28)26-22-20(7-6-12-25-22)32-16-17-10-13-24-14-11-17/h6-15H,4-5,16H2,1-3H3,(H,25,26,28). The van der Waals surface area contributed by atoms with Gasteiger partial charge in [0, 0.05) is 37.2 Å². The fourth-order valence-electron chi connectivity index (χ4n) is 3.14. The maximum absolute atomic E-state index is 13.1. The molecule has 10 heteroatoms. The van der Waals surface area contributed by atoms with Crippen molar-refractivity contribution in [1.82, 2.24) is 14.3 Å². The Morgan fingerprint density at radius 3 is 2.42 bits per heavy atom. The first-order valence-corrected chi connectivity index (χ1v) is 11.8. The highest BCUT2D eigenvalue weighted by Gasteiger charge is 2.27. The number of benzene rings is 1. The first kappa shape index (κ1) is 24.1. The van der Waals surface area contributed by atoms with Crippen molar-refractivity contribution in [2.75, 3.05) is 25.5 Å². The largest absolute Gasteiger partial charge is 0.495 e. The number of nitrogens with zero attached hydrogens (tertiary/aromatic N) is 3. The number of carbonyl (C=O) groups is 1. The average molecular weight is 471 g/mol. The maximum Gasteiger partial charge on any atom is 0.256 e. The zero-order valence-corrected chi connectivity index (χ0v) is 19.5. The lowest BCUT2D eigenvalue weighted by Crippen LogP contribution is -2.31. The lowest BCUT2D eigenvalue weighted by molar-refractivity contribution is 0.102. The fraction of sp³-hybridized carbons (Fsp3) is 0.261. The van der Waals surface area contributed by atoms with Gasteiger partial charge < -0.3 is 14.8 Å². The molecule has 174 valence electrons. The number of rotatable bonds is 10. The monoisotopic (exact) mass is 470 g/mol. The van der Waals surface area contributed by atoms with Gasteiger partial charge in [-0.1, -0.05) is 13.8 Å². The third kappa shape index (κ3) is 5.65. The summed E-state index contributed by atoms with van der Waals surface area (Å²) in [4.78, 5) is 21.1. The Balaban J connectivity index is 1.85. The number of aromatic nitrogens is 2. The molecule has 1 amide bonds. The minimum atomic E-state index is -3.84. The highest BCUT2D eigenvalue weighted by Crippen LogP contribution is 2.29. The predicted octanol–water partition coefficient (Wildman–Crippen LogP) is 3.35. The summed E-state index contributed by atoms with van der Waals surface area (Å²) >= 11 is 0. The number of nitrogens with one attached hydrogen (secondary N) is 1. The first-order chi connectivity index (χ1) is 15.9. The number of ether oxygens (including phenoxy) is 2. The summed E-state index contributed by atoms with van der Waals surface area (Å²) in [5.74, 6) is 0.242. The molecule has 2 heterocycles. The summed E-state index contributed by atoms with van der Waals surface area (Å²) in [5, 5.41) is 2.70. The number of pyridine rings is 2. The van der Waals surface area contributed by atoms with E-state index in [4.69, 9.17) is 9.47 Å². The van der Waals surface area contributed by atoms with Gasteiger partial charge in [0.2, 0.25) is 10.0 Å². The summed E-state index contributed by atoms with van der Waals surface area (Å²) in [6.07, 6.45) is 4.86. The van der Waals surface area contributed by atoms with Gasteiger partial charge in [0.15, 0.2) is 11.6 Å². The van der Waals surface area contributed by atoms with Gasteiger partial charge >= 0.3 is 0 Å². The van der Waals surface area contributed by atoms with Crippen molar-refractivity contribution in [3.63, 3.8) is 0 Å². The van der Waals surface area contributed by atoms with E-state index in [2.05, 4.69) is 15.3 Å². The normalized spacial score (nSPS) is 11.3. The van der Waals surface area contributed by atoms with Gasteiger partial charge in [0.05, 0.1) is 7.11 Å². The molecule has 9 nitrogen and oxygen atoms in total. The number of methoxy groups -OCH3 is 1. The molecule has 0 spiro atoms. The fourth-order valence-corrected chi connectivity index (χ4v) is 4.78. The van der Waals surface area contributed by atoms with Crippen molar-refractivity contribution >= 4 is 21.7 Å². The van der Waals surface area contributed by atoms with Gasteiger partial charge in [0.1, 0.15) is 17.3 Å². The summed E-state index contributed by atoms with van der Waals surface area (Å²) in [6.45, 7) is 4.36. The molecule has 1 aromatic carbocycles. The third-order valence-electron chi connectivity index (χ3n) is 4.90. The van der Waals surface area contributed by atoms with Gasteiger partial charge in [-0.05, 0) is 48.0 Å². The van der Waals surface area contributed by atoms with Crippen LogP contribution in [-0.4, -0.2) is 48.8 Å². The van der Waals surface area contributed by atoms with Gasteiger partial charge in [0.25, 0.3) is 5.91 Å². The molecule has 0 radical (unpaired) electrons. The zero-order chi connectivity index (χ0) is 23.8. The molecular weight excluding hydrogens is 444 g/mol. The number of hydrogen-bond donors (Lipinski definition) is 1. The number of anilines is 1. The molecule has 2 aromatic heterocycles. The van der Waals surface area contributed by atoms with Gasteiger partial charge in [-0.3, -0.25) is 9.78 Å². The second-order valence-corrected chi connectivity index (χ2v) is 8.81. The van der Waals surface area contributed by atoms with Crippen LogP contribution in [0.1, 0.15) is 29.8 Å². The van der Waals surface area contributed by atoms with Crippen LogP contribution in [0.2, 0.25) is 0 Å². The van der Waals surface area contributed by atoms with E-state index in [1.807, 2.05) is 12.1 Å². The molecule has 0 saturated carbocycles. The Bertz CT molecular complexity index is 1200. The molecule has 1 N–H and O–H groups in total. The van der Waals surface area contributed by atoms with E-state index in [0.29, 0.717) is 18.8 Å². The summed E-state index contributed by atoms with van der Waals surface area (Å²) in [5.41, 5.74) is 1.06. The number of carbonyl (C=O) groups excluding carboxylic acids is 1.